The van der Waals surface area contributed by atoms with Crippen molar-refractivity contribution in [3.05, 3.63) is 23.7 Å². The lowest BCUT2D eigenvalue weighted by Crippen LogP contribution is -2.42. The molecule has 21 heavy (non-hydrogen) atoms. The molecular weight excluding hydrogens is 312 g/mol. The van der Waals surface area contributed by atoms with E-state index in [1.807, 2.05) is 11.4 Å². The van der Waals surface area contributed by atoms with Crippen LogP contribution in [0.2, 0.25) is 0 Å². The summed E-state index contributed by atoms with van der Waals surface area (Å²) in [6.07, 6.45) is 2.42. The zero-order valence-corrected chi connectivity index (χ0v) is 12.7. The molecule has 0 bridgehead atoms. The van der Waals surface area contributed by atoms with Crippen molar-refractivity contribution in [3.63, 3.8) is 0 Å². The first-order valence-electron chi connectivity index (χ1n) is 6.55. The number of carboxylic acid groups (broad SMARTS) is 1. The Morgan fingerprint density at radius 3 is 3.05 bits per heavy atom. The fourth-order valence-corrected chi connectivity index (χ4v) is 4.83. The number of carboxylic acids is 1. The van der Waals surface area contributed by atoms with E-state index in [-0.39, 0.29) is 11.4 Å². The van der Waals surface area contributed by atoms with E-state index in [2.05, 4.69) is 4.98 Å². The molecule has 3 heterocycles. The molecule has 1 atom stereocenters. The Balaban J connectivity index is 1.93. The molecule has 0 radical (unpaired) electrons. The van der Waals surface area contributed by atoms with Crippen LogP contribution in [-0.2, 0) is 14.8 Å². The van der Waals surface area contributed by atoms with Gasteiger partial charge in [0.2, 0.25) is 10.0 Å². The van der Waals surface area contributed by atoms with Gasteiger partial charge in [0.25, 0.3) is 0 Å². The van der Waals surface area contributed by atoms with Crippen LogP contribution in [0.25, 0.3) is 10.2 Å². The topological polar surface area (TPSA) is 87.6 Å². The van der Waals surface area contributed by atoms with Gasteiger partial charge in [0.05, 0.1) is 16.1 Å². The number of nitrogens with zero attached hydrogens (tertiary/aromatic N) is 2. The lowest BCUT2D eigenvalue weighted by molar-refractivity contribution is -0.142. The number of carbonyl (C=O) groups is 1. The maximum absolute atomic E-state index is 12.6. The molecule has 2 aromatic rings. The number of fused-ring (bicyclic) bond motifs is 1. The van der Waals surface area contributed by atoms with E-state index in [1.54, 1.807) is 6.07 Å². The molecule has 0 spiro atoms. The largest absolute Gasteiger partial charge is 0.481 e. The fourth-order valence-electron chi connectivity index (χ4n) is 2.48. The van der Waals surface area contributed by atoms with Crippen LogP contribution in [0.4, 0.5) is 0 Å². The number of hydrogen-bond acceptors (Lipinski definition) is 5. The molecule has 6 nitrogen and oxygen atoms in total. The molecule has 1 unspecified atom stereocenters. The maximum atomic E-state index is 12.6. The minimum Gasteiger partial charge on any atom is -0.481 e. The quantitative estimate of drug-likeness (QED) is 0.929. The van der Waals surface area contributed by atoms with Gasteiger partial charge in [-0.05, 0) is 30.4 Å². The first kappa shape index (κ1) is 14.4. The molecule has 3 rings (SSSR count). The molecule has 1 saturated heterocycles. The molecule has 0 aromatic carbocycles. The molecule has 1 aliphatic rings. The van der Waals surface area contributed by atoms with E-state index in [0.29, 0.717) is 19.4 Å². The molecule has 1 N–H and O–H groups in total. The van der Waals surface area contributed by atoms with Crippen LogP contribution in [0.15, 0.2) is 28.6 Å². The number of pyridine rings is 1. The number of thiophene rings is 1. The number of piperidine rings is 1. The van der Waals surface area contributed by atoms with Crippen molar-refractivity contribution in [1.82, 2.24) is 9.29 Å². The van der Waals surface area contributed by atoms with Crippen molar-refractivity contribution < 1.29 is 18.3 Å². The summed E-state index contributed by atoms with van der Waals surface area (Å²) in [5, 5.41) is 10.9. The summed E-state index contributed by atoms with van der Waals surface area (Å²) in [7, 11) is -3.68. The smallest absolute Gasteiger partial charge is 0.307 e. The fraction of sp³-hybridized carbons (Fsp3) is 0.385. The average molecular weight is 326 g/mol. The molecule has 0 aliphatic carbocycles. The Labute approximate surface area is 126 Å². The van der Waals surface area contributed by atoms with Crippen LogP contribution in [-0.4, -0.2) is 41.9 Å². The Morgan fingerprint density at radius 1 is 1.48 bits per heavy atom. The molecule has 112 valence electrons. The summed E-state index contributed by atoms with van der Waals surface area (Å²) in [5.74, 6) is -1.58. The van der Waals surface area contributed by atoms with Crippen LogP contribution >= 0.6 is 11.3 Å². The van der Waals surface area contributed by atoms with E-state index in [1.165, 1.54) is 21.8 Å². The van der Waals surface area contributed by atoms with Gasteiger partial charge in [0.15, 0.2) is 0 Å². The summed E-state index contributed by atoms with van der Waals surface area (Å²) >= 11 is 1.43. The van der Waals surface area contributed by atoms with Crippen molar-refractivity contribution in [2.75, 3.05) is 13.1 Å². The summed E-state index contributed by atoms with van der Waals surface area (Å²) in [5.41, 5.74) is 0.765. The van der Waals surface area contributed by atoms with Crippen molar-refractivity contribution >= 4 is 37.5 Å². The zero-order valence-electron chi connectivity index (χ0n) is 11.1. The van der Waals surface area contributed by atoms with E-state index < -0.39 is 21.9 Å². The van der Waals surface area contributed by atoms with Gasteiger partial charge in [-0.2, -0.15) is 4.31 Å². The third-order valence-electron chi connectivity index (χ3n) is 3.65. The molecule has 8 heteroatoms. The number of rotatable bonds is 3. The molecular formula is C13H14N2O4S2. The second-order valence-corrected chi connectivity index (χ2v) is 7.90. The molecule has 1 aliphatic heterocycles. The number of hydrogen-bond donors (Lipinski definition) is 1. The van der Waals surface area contributed by atoms with Crippen LogP contribution in [0.3, 0.4) is 0 Å². The van der Waals surface area contributed by atoms with Crippen LogP contribution in [0.5, 0.6) is 0 Å². The van der Waals surface area contributed by atoms with Gasteiger partial charge in [-0.1, -0.05) is 0 Å². The lowest BCUT2D eigenvalue weighted by atomic mass is 10.0. The number of aliphatic carboxylic acids is 1. The van der Waals surface area contributed by atoms with Gasteiger partial charge in [-0.25, -0.2) is 8.42 Å². The zero-order chi connectivity index (χ0) is 15.0. The van der Waals surface area contributed by atoms with E-state index in [9.17, 15) is 13.2 Å². The van der Waals surface area contributed by atoms with E-state index in [0.717, 1.165) is 10.2 Å². The van der Waals surface area contributed by atoms with Crippen molar-refractivity contribution in [1.29, 1.82) is 0 Å². The SMILES string of the molecule is O=C(O)C1CCCN(S(=O)(=O)c2cnc3ccsc3c2)C1. The molecule has 1 fully saturated rings. The number of aromatic nitrogens is 1. The predicted molar refractivity (Wildman–Crippen MR) is 78.7 cm³/mol. The Hall–Kier alpha value is -1.51. The molecule has 0 amide bonds. The van der Waals surface area contributed by atoms with Crippen LogP contribution < -0.4 is 0 Å². The minimum absolute atomic E-state index is 0.0279. The van der Waals surface area contributed by atoms with Gasteiger partial charge in [0, 0.05) is 19.3 Å². The first-order valence-corrected chi connectivity index (χ1v) is 8.86. The number of sulfonamides is 1. The van der Waals surface area contributed by atoms with Gasteiger partial charge in [0.1, 0.15) is 4.90 Å². The van der Waals surface area contributed by atoms with E-state index in [4.69, 9.17) is 5.11 Å². The van der Waals surface area contributed by atoms with Crippen molar-refractivity contribution in [3.8, 4) is 0 Å². The average Bonchev–Trinajstić information content (AvgIpc) is 2.94. The second-order valence-electron chi connectivity index (χ2n) is 5.02. The highest BCUT2D eigenvalue weighted by Crippen LogP contribution is 2.27. The predicted octanol–water partition coefficient (Wildman–Crippen LogP) is 1.78. The first-order chi connectivity index (χ1) is 9.98. The van der Waals surface area contributed by atoms with Gasteiger partial charge in [-0.15, -0.1) is 11.3 Å². The van der Waals surface area contributed by atoms with Crippen molar-refractivity contribution in [2.24, 2.45) is 5.92 Å². The second kappa shape index (κ2) is 5.36. The van der Waals surface area contributed by atoms with Crippen LogP contribution in [0, 0.1) is 5.92 Å². The van der Waals surface area contributed by atoms with Gasteiger partial charge >= 0.3 is 5.97 Å². The molecule has 2 aromatic heterocycles. The highest BCUT2D eigenvalue weighted by molar-refractivity contribution is 7.89. The minimum atomic E-state index is -3.68. The third kappa shape index (κ3) is 2.66. The van der Waals surface area contributed by atoms with Crippen LogP contribution in [0.1, 0.15) is 12.8 Å². The highest BCUT2D eigenvalue weighted by Gasteiger charge is 2.33. The Bertz CT molecular complexity index is 784. The highest BCUT2D eigenvalue weighted by atomic mass is 32.2. The normalized spacial score (nSPS) is 20.7. The third-order valence-corrected chi connectivity index (χ3v) is 6.33. The standard InChI is InChI=1S/C13H14N2O4S2/c16-13(17)9-2-1-4-15(8-9)21(18,19)10-6-12-11(14-7-10)3-5-20-12/h3,5-7,9H,1-2,4,8H2,(H,16,17). The Morgan fingerprint density at radius 2 is 2.29 bits per heavy atom. The van der Waals surface area contributed by atoms with Gasteiger partial charge in [-0.3, -0.25) is 9.78 Å². The monoisotopic (exact) mass is 326 g/mol. The molecule has 0 saturated carbocycles. The van der Waals surface area contributed by atoms with E-state index >= 15 is 0 Å². The summed E-state index contributed by atoms with van der Waals surface area (Å²) in [4.78, 5) is 15.3. The summed E-state index contributed by atoms with van der Waals surface area (Å²) in [6, 6.07) is 3.43. The maximum Gasteiger partial charge on any atom is 0.307 e. The lowest BCUT2D eigenvalue weighted by Gasteiger charge is -2.29. The summed E-state index contributed by atoms with van der Waals surface area (Å²) in [6.45, 7) is 0.384. The van der Waals surface area contributed by atoms with Gasteiger partial charge < -0.3 is 5.11 Å². The summed E-state index contributed by atoms with van der Waals surface area (Å²) < 4.78 is 27.3. The van der Waals surface area contributed by atoms with Crippen molar-refractivity contribution in [2.45, 2.75) is 17.7 Å². The Kier molecular flexibility index (Phi) is 3.68.